The van der Waals surface area contributed by atoms with E-state index in [-0.39, 0.29) is 25.1 Å². The van der Waals surface area contributed by atoms with Crippen molar-refractivity contribution in [2.45, 2.75) is 58.8 Å². The molecular weight excluding hydrogens is 366 g/mol. The van der Waals surface area contributed by atoms with Crippen LogP contribution in [0, 0.1) is 0 Å². The lowest BCUT2D eigenvalue weighted by molar-refractivity contribution is -0.144. The van der Waals surface area contributed by atoms with Crippen molar-refractivity contribution in [3.63, 3.8) is 0 Å². The Bertz CT molecular complexity index is 855. The Morgan fingerprint density at radius 3 is 2.48 bits per heavy atom. The van der Waals surface area contributed by atoms with E-state index in [1.807, 2.05) is 63.2 Å². The highest BCUT2D eigenvalue weighted by Gasteiger charge is 2.24. The molecule has 154 valence electrons. The summed E-state index contributed by atoms with van der Waals surface area (Å²) in [6.07, 6.45) is 1.72. The molecule has 2 aromatic carbocycles. The average molecular weight is 395 g/mol. The minimum atomic E-state index is -0.517. The highest BCUT2D eigenvalue weighted by molar-refractivity contribution is 5.73. The molecule has 0 N–H and O–H groups in total. The molecule has 0 fully saturated rings. The molecule has 0 bridgehead atoms. The largest absolute Gasteiger partial charge is 0.461 e. The van der Waals surface area contributed by atoms with Crippen molar-refractivity contribution in [3.8, 4) is 0 Å². The smallest absolute Gasteiger partial charge is 0.410 e. The number of hydrogen-bond acceptors (Lipinski definition) is 4. The molecule has 2 aromatic rings. The fourth-order valence-corrected chi connectivity index (χ4v) is 3.36. The molecule has 5 heteroatoms. The van der Waals surface area contributed by atoms with Crippen molar-refractivity contribution in [2.24, 2.45) is 0 Å². The summed E-state index contributed by atoms with van der Waals surface area (Å²) in [6.45, 7) is 7.05. The van der Waals surface area contributed by atoms with Gasteiger partial charge in [0.1, 0.15) is 12.2 Å². The lowest BCUT2D eigenvalue weighted by Gasteiger charge is -2.26. The van der Waals surface area contributed by atoms with Crippen molar-refractivity contribution < 1.29 is 19.1 Å². The van der Waals surface area contributed by atoms with Gasteiger partial charge in [-0.25, -0.2) is 4.79 Å². The fraction of sp³-hybridized carbons (Fsp3) is 0.417. The first kappa shape index (κ1) is 20.9. The van der Waals surface area contributed by atoms with Crippen molar-refractivity contribution in [3.05, 3.63) is 70.8 Å². The first-order valence-electron chi connectivity index (χ1n) is 10.1. The molecule has 1 heterocycles. The summed E-state index contributed by atoms with van der Waals surface area (Å²) < 4.78 is 10.9. The van der Waals surface area contributed by atoms with Crippen LogP contribution >= 0.6 is 0 Å². The number of carbonyl (C=O) groups excluding carboxylic acids is 2. The van der Waals surface area contributed by atoms with Gasteiger partial charge in [-0.05, 0) is 55.9 Å². The molecule has 1 aliphatic heterocycles. The van der Waals surface area contributed by atoms with E-state index in [0.29, 0.717) is 13.1 Å². The zero-order valence-corrected chi connectivity index (χ0v) is 17.4. The fourth-order valence-electron chi connectivity index (χ4n) is 3.36. The van der Waals surface area contributed by atoms with Gasteiger partial charge in [0.2, 0.25) is 0 Å². The number of nitrogens with zero attached hydrogens (tertiary/aromatic N) is 1. The first-order valence-corrected chi connectivity index (χ1v) is 10.1. The van der Waals surface area contributed by atoms with Crippen molar-refractivity contribution in [2.75, 3.05) is 6.54 Å². The number of amides is 1. The second-order valence-corrected chi connectivity index (χ2v) is 8.43. The summed E-state index contributed by atoms with van der Waals surface area (Å²) >= 11 is 0. The molecule has 5 nitrogen and oxygen atoms in total. The second kappa shape index (κ2) is 9.12. The molecule has 0 radical (unpaired) electrons. The molecule has 0 aromatic heterocycles. The Morgan fingerprint density at radius 2 is 1.76 bits per heavy atom. The number of ether oxygens (including phenoxy) is 2. The van der Waals surface area contributed by atoms with Crippen molar-refractivity contribution >= 4 is 12.1 Å². The molecule has 29 heavy (non-hydrogen) atoms. The Morgan fingerprint density at radius 1 is 1.00 bits per heavy atom. The summed E-state index contributed by atoms with van der Waals surface area (Å²) in [6, 6.07) is 15.7. The van der Waals surface area contributed by atoms with E-state index in [4.69, 9.17) is 9.47 Å². The quantitative estimate of drug-likeness (QED) is 0.707. The summed E-state index contributed by atoms with van der Waals surface area (Å²) in [7, 11) is 0. The molecule has 0 spiro atoms. The van der Waals surface area contributed by atoms with Gasteiger partial charge >= 0.3 is 12.1 Å². The van der Waals surface area contributed by atoms with Crippen LogP contribution in [0.3, 0.4) is 0 Å². The number of rotatable bonds is 4. The number of carbonyl (C=O) groups is 2. The van der Waals surface area contributed by atoms with Gasteiger partial charge in [-0.1, -0.05) is 48.5 Å². The summed E-state index contributed by atoms with van der Waals surface area (Å²) in [5.41, 5.74) is 3.64. The molecule has 0 saturated heterocycles. The van der Waals surface area contributed by atoms with E-state index in [0.717, 1.165) is 29.5 Å². The van der Waals surface area contributed by atoms with Gasteiger partial charge in [0, 0.05) is 13.1 Å². The van der Waals surface area contributed by atoms with Crippen LogP contribution in [-0.2, 0) is 40.3 Å². The van der Waals surface area contributed by atoms with Crippen LogP contribution in [0.25, 0.3) is 0 Å². The van der Waals surface area contributed by atoms with E-state index in [2.05, 4.69) is 6.07 Å². The molecular formula is C24H29NO4. The molecule has 3 rings (SSSR count). The summed E-state index contributed by atoms with van der Waals surface area (Å²) in [4.78, 5) is 26.5. The SMILES string of the molecule is CC(C)(C)OC(=O)N1CCCc2ccc(CC(=O)OCc3ccccc3)cc2C1. The van der Waals surface area contributed by atoms with Gasteiger partial charge in [0.05, 0.1) is 6.42 Å². The lowest BCUT2D eigenvalue weighted by atomic mass is 10.00. The zero-order chi connectivity index (χ0) is 20.9. The lowest BCUT2D eigenvalue weighted by Crippen LogP contribution is -2.36. The molecule has 0 saturated carbocycles. The maximum Gasteiger partial charge on any atom is 0.410 e. The maximum absolute atomic E-state index is 12.5. The average Bonchev–Trinajstić information content (AvgIpc) is 2.88. The minimum Gasteiger partial charge on any atom is -0.461 e. The predicted octanol–water partition coefficient (Wildman–Crippen LogP) is 4.66. The molecule has 0 atom stereocenters. The van der Waals surface area contributed by atoms with E-state index < -0.39 is 5.60 Å². The van der Waals surface area contributed by atoms with E-state index in [9.17, 15) is 9.59 Å². The highest BCUT2D eigenvalue weighted by atomic mass is 16.6. The number of hydrogen-bond donors (Lipinski definition) is 0. The van der Waals surface area contributed by atoms with Crippen LogP contribution < -0.4 is 0 Å². The van der Waals surface area contributed by atoms with Crippen LogP contribution in [-0.4, -0.2) is 29.1 Å². The van der Waals surface area contributed by atoms with Gasteiger partial charge in [-0.2, -0.15) is 0 Å². The monoisotopic (exact) mass is 395 g/mol. The Hall–Kier alpha value is -2.82. The van der Waals surface area contributed by atoms with Crippen LogP contribution in [0.2, 0.25) is 0 Å². The van der Waals surface area contributed by atoms with Crippen LogP contribution in [0.4, 0.5) is 4.79 Å². The Kier molecular flexibility index (Phi) is 6.57. The first-order chi connectivity index (χ1) is 13.8. The normalized spacial score (nSPS) is 14.0. The number of benzene rings is 2. The second-order valence-electron chi connectivity index (χ2n) is 8.43. The molecule has 1 aliphatic rings. The maximum atomic E-state index is 12.5. The summed E-state index contributed by atoms with van der Waals surface area (Å²) in [5, 5.41) is 0. The standard InChI is InChI=1S/C24H29NO4/c1-24(2,3)29-23(27)25-13-7-10-20-12-11-19(14-21(20)16-25)15-22(26)28-17-18-8-5-4-6-9-18/h4-6,8-9,11-12,14H,7,10,13,15-17H2,1-3H3. The van der Waals surface area contributed by atoms with Crippen molar-refractivity contribution in [1.29, 1.82) is 0 Å². The van der Waals surface area contributed by atoms with E-state index >= 15 is 0 Å². The highest BCUT2D eigenvalue weighted by Crippen LogP contribution is 2.22. The third kappa shape index (κ3) is 6.34. The third-order valence-electron chi connectivity index (χ3n) is 4.75. The topological polar surface area (TPSA) is 55.8 Å². The van der Waals surface area contributed by atoms with Crippen LogP contribution in [0.1, 0.15) is 49.4 Å². The zero-order valence-electron chi connectivity index (χ0n) is 17.4. The van der Waals surface area contributed by atoms with Crippen molar-refractivity contribution in [1.82, 2.24) is 4.90 Å². The van der Waals surface area contributed by atoms with Gasteiger partial charge in [-0.15, -0.1) is 0 Å². The van der Waals surface area contributed by atoms with Crippen LogP contribution in [0.15, 0.2) is 48.5 Å². The number of fused-ring (bicyclic) bond motifs is 1. The molecule has 0 aliphatic carbocycles. The molecule has 1 amide bonds. The number of esters is 1. The van der Waals surface area contributed by atoms with Gasteiger partial charge in [0.25, 0.3) is 0 Å². The van der Waals surface area contributed by atoms with Gasteiger partial charge in [0.15, 0.2) is 0 Å². The Balaban J connectivity index is 1.63. The van der Waals surface area contributed by atoms with E-state index in [1.165, 1.54) is 5.56 Å². The third-order valence-corrected chi connectivity index (χ3v) is 4.75. The number of aryl methyl sites for hydroxylation is 1. The minimum absolute atomic E-state index is 0.215. The van der Waals surface area contributed by atoms with E-state index in [1.54, 1.807) is 4.90 Å². The predicted molar refractivity (Wildman–Crippen MR) is 111 cm³/mol. The van der Waals surface area contributed by atoms with Crippen LogP contribution in [0.5, 0.6) is 0 Å². The van der Waals surface area contributed by atoms with Gasteiger partial charge < -0.3 is 14.4 Å². The molecule has 0 unspecified atom stereocenters. The Labute approximate surface area is 172 Å². The summed E-state index contributed by atoms with van der Waals surface area (Å²) in [5.74, 6) is -0.258. The van der Waals surface area contributed by atoms with Gasteiger partial charge in [-0.3, -0.25) is 4.79 Å².